The minimum atomic E-state index is 1.03. The van der Waals surface area contributed by atoms with E-state index in [1.807, 2.05) is 6.20 Å². The standard InChI is InChI=1S/C24H20IN/c1-17-2-8-22-15-19(7-11-21(22)14-17)4-3-18-5-9-20(10-6-18)24-13-12-23(25)16-26-24/h2,5-16H,3-4H2,1H3. The van der Waals surface area contributed by atoms with Crippen LogP contribution in [0.2, 0.25) is 0 Å². The second-order valence-electron chi connectivity index (χ2n) is 6.74. The molecule has 1 heterocycles. The molecule has 0 bridgehead atoms. The van der Waals surface area contributed by atoms with Crippen LogP contribution in [-0.2, 0) is 12.8 Å². The Morgan fingerprint density at radius 2 is 1.42 bits per heavy atom. The highest BCUT2D eigenvalue weighted by Gasteiger charge is 2.02. The maximum absolute atomic E-state index is 4.50. The third-order valence-corrected chi connectivity index (χ3v) is 5.38. The molecule has 0 aliphatic heterocycles. The summed E-state index contributed by atoms with van der Waals surface area (Å²) in [5, 5.41) is 2.65. The number of hydrogen-bond acceptors (Lipinski definition) is 1. The van der Waals surface area contributed by atoms with Crippen LogP contribution in [0, 0.1) is 10.5 Å². The summed E-state index contributed by atoms with van der Waals surface area (Å²) in [6.45, 7) is 2.14. The molecule has 4 rings (SSSR count). The molecule has 0 atom stereocenters. The molecule has 0 aliphatic rings. The van der Waals surface area contributed by atoms with E-state index in [-0.39, 0.29) is 0 Å². The SMILES string of the molecule is Cc1ccc2cc(CCc3ccc(-c4ccc(I)cn4)cc3)ccc2c1. The Morgan fingerprint density at radius 1 is 0.731 bits per heavy atom. The van der Waals surface area contributed by atoms with Crippen molar-refractivity contribution in [3.05, 3.63) is 99.3 Å². The number of hydrogen-bond donors (Lipinski definition) is 0. The first-order valence-corrected chi connectivity index (χ1v) is 9.95. The fourth-order valence-corrected chi connectivity index (χ4v) is 3.57. The third kappa shape index (κ3) is 3.96. The van der Waals surface area contributed by atoms with Crippen LogP contribution in [0.1, 0.15) is 16.7 Å². The summed E-state index contributed by atoms with van der Waals surface area (Å²) < 4.78 is 1.16. The van der Waals surface area contributed by atoms with Crippen molar-refractivity contribution in [2.75, 3.05) is 0 Å². The largest absolute Gasteiger partial charge is 0.255 e. The van der Waals surface area contributed by atoms with Gasteiger partial charge in [0, 0.05) is 15.3 Å². The van der Waals surface area contributed by atoms with Crippen molar-refractivity contribution in [2.24, 2.45) is 0 Å². The number of aryl methyl sites for hydroxylation is 3. The molecule has 1 nitrogen and oxygen atoms in total. The monoisotopic (exact) mass is 449 g/mol. The van der Waals surface area contributed by atoms with Crippen LogP contribution < -0.4 is 0 Å². The summed E-state index contributed by atoms with van der Waals surface area (Å²) >= 11 is 2.28. The van der Waals surface area contributed by atoms with E-state index in [9.17, 15) is 0 Å². The number of nitrogens with zero attached hydrogens (tertiary/aromatic N) is 1. The maximum Gasteiger partial charge on any atom is 0.0702 e. The van der Waals surface area contributed by atoms with Gasteiger partial charge in [-0.1, -0.05) is 66.2 Å². The van der Waals surface area contributed by atoms with Crippen molar-refractivity contribution in [1.82, 2.24) is 4.98 Å². The van der Waals surface area contributed by atoms with Crippen LogP contribution in [-0.4, -0.2) is 4.98 Å². The van der Waals surface area contributed by atoms with Gasteiger partial charge in [-0.15, -0.1) is 0 Å². The van der Waals surface area contributed by atoms with Gasteiger partial charge >= 0.3 is 0 Å². The summed E-state index contributed by atoms with van der Waals surface area (Å²) in [5.41, 5.74) is 6.27. The molecule has 0 N–H and O–H groups in total. The smallest absolute Gasteiger partial charge is 0.0702 e. The maximum atomic E-state index is 4.50. The predicted molar refractivity (Wildman–Crippen MR) is 118 cm³/mol. The quantitative estimate of drug-likeness (QED) is 0.320. The van der Waals surface area contributed by atoms with Crippen molar-refractivity contribution in [2.45, 2.75) is 19.8 Å². The Balaban J connectivity index is 1.46. The van der Waals surface area contributed by atoms with E-state index in [1.54, 1.807) is 0 Å². The van der Waals surface area contributed by atoms with E-state index in [1.165, 1.54) is 33.0 Å². The number of aromatic nitrogens is 1. The Morgan fingerprint density at radius 3 is 2.19 bits per heavy atom. The summed E-state index contributed by atoms with van der Waals surface area (Å²) in [4.78, 5) is 4.50. The van der Waals surface area contributed by atoms with Crippen molar-refractivity contribution in [1.29, 1.82) is 0 Å². The fourth-order valence-electron chi connectivity index (χ4n) is 3.25. The second kappa shape index (κ2) is 7.58. The summed E-state index contributed by atoms with van der Waals surface area (Å²) in [5.74, 6) is 0. The van der Waals surface area contributed by atoms with Crippen LogP contribution in [0.3, 0.4) is 0 Å². The zero-order valence-corrected chi connectivity index (χ0v) is 16.9. The van der Waals surface area contributed by atoms with Gasteiger partial charge in [0.2, 0.25) is 0 Å². The van der Waals surface area contributed by atoms with Gasteiger partial charge < -0.3 is 0 Å². The molecule has 2 heteroatoms. The Labute approximate surface area is 168 Å². The number of pyridine rings is 1. The van der Waals surface area contributed by atoms with Gasteiger partial charge in [-0.25, -0.2) is 0 Å². The average Bonchev–Trinajstić information content (AvgIpc) is 2.67. The predicted octanol–water partition coefficient (Wildman–Crippen LogP) is 6.60. The average molecular weight is 449 g/mol. The Kier molecular flexibility index (Phi) is 5.02. The molecule has 0 aliphatic carbocycles. The third-order valence-electron chi connectivity index (χ3n) is 4.74. The Hall–Kier alpha value is -2.20. The van der Waals surface area contributed by atoms with E-state index in [2.05, 4.69) is 107 Å². The van der Waals surface area contributed by atoms with Crippen LogP contribution in [0.5, 0.6) is 0 Å². The minimum absolute atomic E-state index is 1.03. The molecule has 0 saturated carbocycles. The van der Waals surface area contributed by atoms with Crippen molar-refractivity contribution < 1.29 is 0 Å². The van der Waals surface area contributed by atoms with E-state index < -0.39 is 0 Å². The molecule has 0 spiro atoms. The van der Waals surface area contributed by atoms with Crippen LogP contribution in [0.25, 0.3) is 22.0 Å². The van der Waals surface area contributed by atoms with E-state index in [0.717, 1.165) is 22.1 Å². The molecule has 26 heavy (non-hydrogen) atoms. The molecule has 1 aromatic heterocycles. The van der Waals surface area contributed by atoms with E-state index >= 15 is 0 Å². The van der Waals surface area contributed by atoms with Crippen LogP contribution >= 0.6 is 22.6 Å². The molecule has 0 unspecified atom stereocenters. The fraction of sp³-hybridized carbons (Fsp3) is 0.125. The molecule has 0 amide bonds. The highest BCUT2D eigenvalue weighted by atomic mass is 127. The van der Waals surface area contributed by atoms with Crippen LogP contribution in [0.15, 0.2) is 79.0 Å². The summed E-state index contributed by atoms with van der Waals surface area (Å²) in [6, 6.07) is 26.4. The molecule has 128 valence electrons. The lowest BCUT2D eigenvalue weighted by Crippen LogP contribution is -1.92. The lowest BCUT2D eigenvalue weighted by atomic mass is 9.99. The van der Waals surface area contributed by atoms with Gasteiger partial charge in [-0.3, -0.25) is 4.98 Å². The van der Waals surface area contributed by atoms with Gasteiger partial charge in [0.25, 0.3) is 0 Å². The van der Waals surface area contributed by atoms with Crippen molar-refractivity contribution >= 4 is 33.4 Å². The molecule has 0 radical (unpaired) electrons. The Bertz CT molecular complexity index is 1030. The highest BCUT2D eigenvalue weighted by Crippen LogP contribution is 2.21. The second-order valence-corrected chi connectivity index (χ2v) is 7.99. The van der Waals surface area contributed by atoms with Crippen LogP contribution in [0.4, 0.5) is 0 Å². The first-order chi connectivity index (χ1) is 12.7. The van der Waals surface area contributed by atoms with Gasteiger partial charge in [-0.05, 0) is 76.4 Å². The molecular formula is C24H20IN. The number of benzene rings is 3. The zero-order valence-electron chi connectivity index (χ0n) is 14.7. The normalized spacial score (nSPS) is 11.0. The zero-order chi connectivity index (χ0) is 17.9. The topological polar surface area (TPSA) is 12.9 Å². The summed E-state index contributed by atoms with van der Waals surface area (Å²) in [6.07, 6.45) is 4.02. The van der Waals surface area contributed by atoms with Gasteiger partial charge in [0.05, 0.1) is 5.69 Å². The van der Waals surface area contributed by atoms with Gasteiger partial charge in [0.15, 0.2) is 0 Å². The molecule has 0 saturated heterocycles. The van der Waals surface area contributed by atoms with Crippen molar-refractivity contribution in [3.63, 3.8) is 0 Å². The molecule has 4 aromatic rings. The minimum Gasteiger partial charge on any atom is -0.255 e. The number of fused-ring (bicyclic) bond motifs is 1. The van der Waals surface area contributed by atoms with Crippen molar-refractivity contribution in [3.8, 4) is 11.3 Å². The first kappa shape index (κ1) is 17.2. The molecular weight excluding hydrogens is 429 g/mol. The van der Waals surface area contributed by atoms with E-state index in [0.29, 0.717) is 0 Å². The first-order valence-electron chi connectivity index (χ1n) is 8.87. The van der Waals surface area contributed by atoms with Gasteiger partial charge in [-0.2, -0.15) is 0 Å². The molecule has 3 aromatic carbocycles. The lowest BCUT2D eigenvalue weighted by molar-refractivity contribution is 0.962. The number of halogens is 1. The lowest BCUT2D eigenvalue weighted by Gasteiger charge is -2.07. The summed E-state index contributed by atoms with van der Waals surface area (Å²) in [7, 11) is 0. The highest BCUT2D eigenvalue weighted by molar-refractivity contribution is 14.1. The van der Waals surface area contributed by atoms with Gasteiger partial charge in [0.1, 0.15) is 0 Å². The number of rotatable bonds is 4. The molecule has 0 fully saturated rings. The van der Waals surface area contributed by atoms with E-state index in [4.69, 9.17) is 0 Å².